The molecule has 0 amide bonds. The van der Waals surface area contributed by atoms with Gasteiger partial charge in [0.1, 0.15) is 10.6 Å². The highest BCUT2D eigenvalue weighted by Crippen LogP contribution is 2.28. The van der Waals surface area contributed by atoms with Gasteiger partial charge in [0.25, 0.3) is 0 Å². The van der Waals surface area contributed by atoms with Gasteiger partial charge in [-0.05, 0) is 31.5 Å². The standard InChI is InChI=1S/C23H25N5O3S/c1-17-22(18(2)31-25-17)32(29,30)27-14-12-26(13-15-27)23-24-20-10-6-7-11-21(20)28(23)16-19-8-4-3-5-9-19/h3-11H,12-16H2,1-2H3. The third-order valence-corrected chi connectivity index (χ3v) is 8.05. The molecule has 1 saturated heterocycles. The topological polar surface area (TPSA) is 84.5 Å². The molecule has 166 valence electrons. The number of hydrogen-bond acceptors (Lipinski definition) is 6. The minimum absolute atomic E-state index is 0.183. The fourth-order valence-corrected chi connectivity index (χ4v) is 6.04. The third-order valence-electron chi connectivity index (χ3n) is 5.91. The predicted octanol–water partition coefficient (Wildman–Crippen LogP) is 3.20. The Morgan fingerprint density at radius 3 is 2.31 bits per heavy atom. The summed E-state index contributed by atoms with van der Waals surface area (Å²) in [6, 6.07) is 18.4. The van der Waals surface area contributed by atoms with E-state index in [-0.39, 0.29) is 4.90 Å². The lowest BCUT2D eigenvalue weighted by atomic mass is 10.2. The molecule has 9 heteroatoms. The molecule has 4 aromatic rings. The summed E-state index contributed by atoms with van der Waals surface area (Å²) < 4.78 is 35.2. The summed E-state index contributed by atoms with van der Waals surface area (Å²) in [6.45, 7) is 5.86. The van der Waals surface area contributed by atoms with Gasteiger partial charge in [-0.25, -0.2) is 13.4 Å². The predicted molar refractivity (Wildman–Crippen MR) is 122 cm³/mol. The molecule has 5 rings (SSSR count). The van der Waals surface area contributed by atoms with E-state index in [9.17, 15) is 8.42 Å². The van der Waals surface area contributed by atoms with Gasteiger partial charge < -0.3 is 14.0 Å². The normalized spacial score (nSPS) is 15.5. The fourth-order valence-electron chi connectivity index (χ4n) is 4.33. The van der Waals surface area contributed by atoms with Crippen molar-refractivity contribution in [2.45, 2.75) is 25.3 Å². The first-order valence-corrected chi connectivity index (χ1v) is 12.1. The van der Waals surface area contributed by atoms with Crippen LogP contribution in [0.4, 0.5) is 5.95 Å². The molecular weight excluding hydrogens is 426 g/mol. The zero-order chi connectivity index (χ0) is 22.3. The molecule has 1 aliphatic heterocycles. The van der Waals surface area contributed by atoms with E-state index in [0.717, 1.165) is 17.0 Å². The maximum Gasteiger partial charge on any atom is 0.248 e. The number of benzene rings is 2. The highest BCUT2D eigenvalue weighted by Gasteiger charge is 2.34. The van der Waals surface area contributed by atoms with Gasteiger partial charge in [0.05, 0.1) is 17.6 Å². The van der Waals surface area contributed by atoms with Gasteiger partial charge in [-0.15, -0.1) is 0 Å². The molecule has 0 unspecified atom stereocenters. The van der Waals surface area contributed by atoms with Crippen LogP contribution in [0.3, 0.4) is 0 Å². The van der Waals surface area contributed by atoms with E-state index in [1.54, 1.807) is 13.8 Å². The van der Waals surface area contributed by atoms with Crippen LogP contribution in [-0.4, -0.2) is 53.6 Å². The number of aryl methyl sites for hydroxylation is 2. The number of rotatable bonds is 5. The zero-order valence-corrected chi connectivity index (χ0v) is 18.9. The summed E-state index contributed by atoms with van der Waals surface area (Å²) in [4.78, 5) is 7.25. The van der Waals surface area contributed by atoms with Gasteiger partial charge in [-0.3, -0.25) is 0 Å². The van der Waals surface area contributed by atoms with E-state index < -0.39 is 10.0 Å². The van der Waals surface area contributed by atoms with E-state index in [4.69, 9.17) is 9.51 Å². The van der Waals surface area contributed by atoms with Crippen LogP contribution in [0.2, 0.25) is 0 Å². The highest BCUT2D eigenvalue weighted by atomic mass is 32.2. The number of imidazole rings is 1. The molecule has 2 aromatic heterocycles. The minimum Gasteiger partial charge on any atom is -0.360 e. The molecule has 0 aliphatic carbocycles. The average molecular weight is 452 g/mol. The maximum absolute atomic E-state index is 13.2. The van der Waals surface area contributed by atoms with Crippen LogP contribution in [0.5, 0.6) is 0 Å². The molecule has 1 aliphatic rings. The van der Waals surface area contributed by atoms with Crippen molar-refractivity contribution in [3.8, 4) is 0 Å². The largest absolute Gasteiger partial charge is 0.360 e. The Kier molecular flexibility index (Phi) is 5.22. The number of anilines is 1. The van der Waals surface area contributed by atoms with Crippen LogP contribution in [-0.2, 0) is 16.6 Å². The molecule has 0 atom stereocenters. The van der Waals surface area contributed by atoms with Gasteiger partial charge in [0, 0.05) is 26.2 Å². The number of aromatic nitrogens is 3. The number of piperazine rings is 1. The Morgan fingerprint density at radius 2 is 1.62 bits per heavy atom. The smallest absolute Gasteiger partial charge is 0.248 e. The van der Waals surface area contributed by atoms with Crippen molar-refractivity contribution in [3.63, 3.8) is 0 Å². The first-order valence-electron chi connectivity index (χ1n) is 10.6. The Bertz CT molecular complexity index is 1330. The Morgan fingerprint density at radius 1 is 0.938 bits per heavy atom. The summed E-state index contributed by atoms with van der Waals surface area (Å²) in [5.41, 5.74) is 3.59. The molecule has 0 spiro atoms. The Hall–Kier alpha value is -3.17. The second-order valence-corrected chi connectivity index (χ2v) is 9.89. The Balaban J connectivity index is 1.42. The van der Waals surface area contributed by atoms with E-state index in [1.807, 2.05) is 36.4 Å². The SMILES string of the molecule is Cc1noc(C)c1S(=O)(=O)N1CCN(c2nc3ccccc3n2Cc2ccccc2)CC1. The maximum atomic E-state index is 13.2. The Labute approximate surface area is 187 Å². The molecule has 2 aromatic carbocycles. The lowest BCUT2D eigenvalue weighted by Crippen LogP contribution is -2.49. The molecule has 0 N–H and O–H groups in total. The van der Waals surface area contributed by atoms with Crippen molar-refractivity contribution >= 4 is 27.0 Å². The van der Waals surface area contributed by atoms with Crippen LogP contribution in [0.15, 0.2) is 64.0 Å². The van der Waals surface area contributed by atoms with Crippen molar-refractivity contribution in [3.05, 3.63) is 71.6 Å². The van der Waals surface area contributed by atoms with Gasteiger partial charge in [-0.2, -0.15) is 4.31 Å². The summed E-state index contributed by atoms with van der Waals surface area (Å²) in [5, 5.41) is 3.81. The van der Waals surface area contributed by atoms with E-state index in [2.05, 4.69) is 32.8 Å². The number of sulfonamides is 1. The molecule has 0 saturated carbocycles. The second-order valence-electron chi connectivity index (χ2n) is 8.02. The summed E-state index contributed by atoms with van der Waals surface area (Å²) >= 11 is 0. The van der Waals surface area contributed by atoms with Gasteiger partial charge in [-0.1, -0.05) is 47.6 Å². The second kappa shape index (κ2) is 8.07. The molecular formula is C23H25N5O3S. The van der Waals surface area contributed by atoms with Crippen molar-refractivity contribution in [1.82, 2.24) is 19.0 Å². The third kappa shape index (κ3) is 3.57. The van der Waals surface area contributed by atoms with Gasteiger partial charge in [0.2, 0.25) is 16.0 Å². The minimum atomic E-state index is -3.65. The molecule has 3 heterocycles. The summed E-state index contributed by atoms with van der Waals surface area (Å²) in [6.07, 6.45) is 0. The van der Waals surface area contributed by atoms with Crippen LogP contribution in [0.1, 0.15) is 17.0 Å². The lowest BCUT2D eigenvalue weighted by Gasteiger charge is -2.34. The molecule has 0 radical (unpaired) electrons. The molecule has 1 fully saturated rings. The quantitative estimate of drug-likeness (QED) is 0.463. The summed E-state index contributed by atoms with van der Waals surface area (Å²) in [7, 11) is -3.65. The van der Waals surface area contributed by atoms with Gasteiger partial charge >= 0.3 is 0 Å². The number of fused-ring (bicyclic) bond motifs is 1. The van der Waals surface area contributed by atoms with Crippen molar-refractivity contribution < 1.29 is 12.9 Å². The van der Waals surface area contributed by atoms with Crippen LogP contribution in [0, 0.1) is 13.8 Å². The first-order chi connectivity index (χ1) is 15.4. The van der Waals surface area contributed by atoms with Crippen molar-refractivity contribution in [2.75, 3.05) is 31.1 Å². The lowest BCUT2D eigenvalue weighted by molar-refractivity contribution is 0.376. The van der Waals surface area contributed by atoms with Crippen LogP contribution < -0.4 is 4.90 Å². The molecule has 32 heavy (non-hydrogen) atoms. The zero-order valence-electron chi connectivity index (χ0n) is 18.1. The fraction of sp³-hybridized carbons (Fsp3) is 0.304. The van der Waals surface area contributed by atoms with E-state index in [1.165, 1.54) is 9.87 Å². The monoisotopic (exact) mass is 451 g/mol. The number of nitrogens with zero attached hydrogens (tertiary/aromatic N) is 5. The van der Waals surface area contributed by atoms with E-state index >= 15 is 0 Å². The van der Waals surface area contributed by atoms with E-state index in [0.29, 0.717) is 44.2 Å². The number of hydrogen-bond donors (Lipinski definition) is 0. The van der Waals surface area contributed by atoms with Crippen LogP contribution in [0.25, 0.3) is 11.0 Å². The van der Waals surface area contributed by atoms with Crippen LogP contribution >= 0.6 is 0 Å². The molecule has 0 bridgehead atoms. The first kappa shape index (κ1) is 20.7. The highest BCUT2D eigenvalue weighted by molar-refractivity contribution is 7.89. The molecule has 8 nitrogen and oxygen atoms in total. The summed E-state index contributed by atoms with van der Waals surface area (Å²) in [5.74, 6) is 1.19. The average Bonchev–Trinajstić information content (AvgIpc) is 3.34. The van der Waals surface area contributed by atoms with Gasteiger partial charge in [0.15, 0.2) is 5.76 Å². The van der Waals surface area contributed by atoms with Crippen molar-refractivity contribution in [1.29, 1.82) is 0 Å². The number of para-hydroxylation sites is 2. The van der Waals surface area contributed by atoms with Crippen molar-refractivity contribution in [2.24, 2.45) is 0 Å².